The van der Waals surface area contributed by atoms with Gasteiger partial charge in [-0.1, -0.05) is 18.2 Å². The fraction of sp³-hybridized carbons (Fsp3) is 0.417. The summed E-state index contributed by atoms with van der Waals surface area (Å²) in [5.74, 6) is 0. The Hall–Kier alpha value is -1.35. The van der Waals surface area contributed by atoms with Crippen LogP contribution < -0.4 is 5.32 Å². The number of hydrogen-bond acceptors (Lipinski definition) is 2. The summed E-state index contributed by atoms with van der Waals surface area (Å²) in [7, 11) is 1.96. The van der Waals surface area contributed by atoms with E-state index in [4.69, 9.17) is 0 Å². The summed E-state index contributed by atoms with van der Waals surface area (Å²) in [5, 5.41) is 9.04. The summed E-state index contributed by atoms with van der Waals surface area (Å²) in [6, 6.07) is 6.34. The molecule has 2 rings (SSSR count). The van der Waals surface area contributed by atoms with Gasteiger partial charge in [0.05, 0.1) is 12.1 Å². The third-order valence-electron chi connectivity index (χ3n) is 2.81. The molecule has 3 heteroatoms. The van der Waals surface area contributed by atoms with Crippen molar-refractivity contribution >= 4 is 10.9 Å². The summed E-state index contributed by atoms with van der Waals surface area (Å²) >= 11 is 0. The molecule has 0 saturated heterocycles. The Morgan fingerprint density at radius 3 is 2.80 bits per heavy atom. The van der Waals surface area contributed by atoms with E-state index in [1.165, 1.54) is 16.6 Å². The van der Waals surface area contributed by atoms with E-state index < -0.39 is 0 Å². The standard InChI is InChI=1S/C12H17N3/c1-9-5-4-6-11-10(2)15(8-7-13-3)14-12(9)11/h4-6,13H,7-8H2,1-3H3. The number of benzene rings is 1. The van der Waals surface area contributed by atoms with Gasteiger partial charge in [-0.05, 0) is 26.5 Å². The maximum Gasteiger partial charge on any atom is 0.0955 e. The highest BCUT2D eigenvalue weighted by molar-refractivity contribution is 5.84. The van der Waals surface area contributed by atoms with Crippen molar-refractivity contribution in [1.29, 1.82) is 0 Å². The molecule has 1 N–H and O–H groups in total. The highest BCUT2D eigenvalue weighted by Gasteiger charge is 2.07. The third kappa shape index (κ3) is 1.75. The number of aromatic nitrogens is 2. The maximum absolute atomic E-state index is 4.63. The van der Waals surface area contributed by atoms with Crippen LogP contribution in [0.5, 0.6) is 0 Å². The van der Waals surface area contributed by atoms with Crippen molar-refractivity contribution in [2.75, 3.05) is 13.6 Å². The molecule has 0 aliphatic rings. The molecule has 0 radical (unpaired) electrons. The molecule has 1 aromatic carbocycles. The summed E-state index contributed by atoms with van der Waals surface area (Å²) < 4.78 is 2.08. The average Bonchev–Trinajstić information content (AvgIpc) is 2.55. The van der Waals surface area contributed by atoms with Crippen molar-refractivity contribution < 1.29 is 0 Å². The summed E-state index contributed by atoms with van der Waals surface area (Å²) in [6.07, 6.45) is 0. The minimum Gasteiger partial charge on any atom is -0.318 e. The molecule has 0 aliphatic carbocycles. The Labute approximate surface area is 90.1 Å². The molecule has 1 aromatic heterocycles. The van der Waals surface area contributed by atoms with Gasteiger partial charge >= 0.3 is 0 Å². The van der Waals surface area contributed by atoms with E-state index in [-0.39, 0.29) is 0 Å². The quantitative estimate of drug-likeness (QED) is 0.825. The second-order valence-corrected chi connectivity index (χ2v) is 3.88. The molecule has 15 heavy (non-hydrogen) atoms. The normalized spacial score (nSPS) is 11.1. The molecule has 80 valence electrons. The van der Waals surface area contributed by atoms with Crippen molar-refractivity contribution in [1.82, 2.24) is 15.1 Å². The van der Waals surface area contributed by atoms with Crippen molar-refractivity contribution in [2.45, 2.75) is 20.4 Å². The van der Waals surface area contributed by atoms with Gasteiger partial charge in [-0.25, -0.2) is 0 Å². The zero-order chi connectivity index (χ0) is 10.8. The topological polar surface area (TPSA) is 29.9 Å². The van der Waals surface area contributed by atoms with E-state index in [2.05, 4.69) is 47.1 Å². The van der Waals surface area contributed by atoms with E-state index in [1.807, 2.05) is 7.05 Å². The predicted molar refractivity (Wildman–Crippen MR) is 63.1 cm³/mol. The lowest BCUT2D eigenvalue weighted by Crippen LogP contribution is -2.16. The minimum atomic E-state index is 0.927. The van der Waals surface area contributed by atoms with Crippen molar-refractivity contribution in [3.63, 3.8) is 0 Å². The molecular weight excluding hydrogens is 186 g/mol. The molecule has 0 unspecified atom stereocenters. The first-order valence-electron chi connectivity index (χ1n) is 5.31. The number of nitrogens with one attached hydrogen (secondary N) is 1. The molecule has 2 aromatic rings. The van der Waals surface area contributed by atoms with Gasteiger partial charge in [-0.3, -0.25) is 4.68 Å². The van der Waals surface area contributed by atoms with Gasteiger partial charge < -0.3 is 5.32 Å². The summed E-state index contributed by atoms with van der Waals surface area (Å²) in [5.41, 5.74) is 3.63. The number of aryl methyl sites for hydroxylation is 2. The van der Waals surface area contributed by atoms with Gasteiger partial charge in [0.25, 0.3) is 0 Å². The van der Waals surface area contributed by atoms with Gasteiger partial charge in [0.15, 0.2) is 0 Å². The van der Waals surface area contributed by atoms with E-state index >= 15 is 0 Å². The Bertz CT molecular complexity index is 471. The lowest BCUT2D eigenvalue weighted by atomic mass is 10.1. The van der Waals surface area contributed by atoms with E-state index in [0.29, 0.717) is 0 Å². The predicted octanol–water partition coefficient (Wildman–Crippen LogP) is 1.87. The Morgan fingerprint density at radius 2 is 2.13 bits per heavy atom. The molecule has 0 atom stereocenters. The first-order valence-corrected chi connectivity index (χ1v) is 5.31. The van der Waals surface area contributed by atoms with Crippen LogP contribution in [-0.4, -0.2) is 23.4 Å². The molecule has 3 nitrogen and oxygen atoms in total. The lowest BCUT2D eigenvalue weighted by Gasteiger charge is -2.02. The molecule has 0 saturated carbocycles. The number of nitrogens with zero attached hydrogens (tertiary/aromatic N) is 2. The second-order valence-electron chi connectivity index (χ2n) is 3.88. The molecule has 0 aliphatic heterocycles. The van der Waals surface area contributed by atoms with Crippen LogP contribution in [0.1, 0.15) is 11.3 Å². The first-order chi connectivity index (χ1) is 7.24. The molecule has 0 fully saturated rings. The largest absolute Gasteiger partial charge is 0.318 e. The third-order valence-corrected chi connectivity index (χ3v) is 2.81. The fourth-order valence-electron chi connectivity index (χ4n) is 1.85. The van der Waals surface area contributed by atoms with E-state index in [9.17, 15) is 0 Å². The van der Waals surface area contributed by atoms with Crippen molar-refractivity contribution in [2.24, 2.45) is 0 Å². The van der Waals surface area contributed by atoms with Crippen LogP contribution >= 0.6 is 0 Å². The van der Waals surface area contributed by atoms with Crippen LogP contribution in [0.25, 0.3) is 10.9 Å². The molecule has 0 spiro atoms. The van der Waals surface area contributed by atoms with Crippen LogP contribution in [0, 0.1) is 13.8 Å². The SMILES string of the molecule is CNCCn1nc2c(C)cccc2c1C. The van der Waals surface area contributed by atoms with Crippen molar-refractivity contribution in [3.8, 4) is 0 Å². The highest BCUT2D eigenvalue weighted by Crippen LogP contribution is 2.20. The summed E-state index contributed by atoms with van der Waals surface area (Å²) in [6.45, 7) is 6.12. The van der Waals surface area contributed by atoms with Crippen LogP contribution in [0.15, 0.2) is 18.2 Å². The number of fused-ring (bicyclic) bond motifs is 1. The molecule has 1 heterocycles. The van der Waals surface area contributed by atoms with E-state index in [1.54, 1.807) is 0 Å². The average molecular weight is 203 g/mol. The zero-order valence-electron chi connectivity index (χ0n) is 9.54. The van der Waals surface area contributed by atoms with Crippen molar-refractivity contribution in [3.05, 3.63) is 29.5 Å². The number of hydrogen-bond donors (Lipinski definition) is 1. The smallest absolute Gasteiger partial charge is 0.0955 e. The molecule has 0 amide bonds. The van der Waals surface area contributed by atoms with Crippen LogP contribution in [0.3, 0.4) is 0 Å². The monoisotopic (exact) mass is 203 g/mol. The van der Waals surface area contributed by atoms with Gasteiger partial charge in [0.2, 0.25) is 0 Å². The highest BCUT2D eigenvalue weighted by atomic mass is 15.3. The molecule has 0 bridgehead atoms. The van der Waals surface area contributed by atoms with E-state index in [0.717, 1.165) is 18.6 Å². The van der Waals surface area contributed by atoms with Gasteiger partial charge in [-0.2, -0.15) is 5.10 Å². The maximum atomic E-state index is 4.63. The van der Waals surface area contributed by atoms with Gasteiger partial charge in [0, 0.05) is 17.6 Å². The first kappa shape index (κ1) is 10.2. The summed E-state index contributed by atoms with van der Waals surface area (Å²) in [4.78, 5) is 0. The Kier molecular flexibility index (Phi) is 2.73. The van der Waals surface area contributed by atoms with Gasteiger partial charge in [0.1, 0.15) is 0 Å². The molecular formula is C12H17N3. The lowest BCUT2D eigenvalue weighted by molar-refractivity contribution is 0.576. The Balaban J connectivity index is 2.49. The second kappa shape index (κ2) is 4.03. The minimum absolute atomic E-state index is 0.927. The fourth-order valence-corrected chi connectivity index (χ4v) is 1.85. The van der Waals surface area contributed by atoms with Crippen LogP contribution in [0.2, 0.25) is 0 Å². The zero-order valence-corrected chi connectivity index (χ0v) is 9.54. The van der Waals surface area contributed by atoms with Crippen LogP contribution in [-0.2, 0) is 6.54 Å². The Morgan fingerprint density at radius 1 is 1.33 bits per heavy atom. The van der Waals surface area contributed by atoms with Crippen LogP contribution in [0.4, 0.5) is 0 Å². The number of rotatable bonds is 3. The van der Waals surface area contributed by atoms with Gasteiger partial charge in [-0.15, -0.1) is 0 Å². The number of likely N-dealkylation sites (N-methyl/N-ethyl adjacent to an activating group) is 1.